The number of hydrogen-bond donors (Lipinski definition) is 2. The molecular weight excluding hydrogens is 505 g/mol. The number of aliphatic imine (C=N–C) groups is 1. The van der Waals surface area contributed by atoms with Crippen LogP contribution in [0.3, 0.4) is 0 Å². The first kappa shape index (κ1) is 24.6. The van der Waals surface area contributed by atoms with Crippen LogP contribution in [0.2, 0.25) is 0 Å². The van der Waals surface area contributed by atoms with Crippen molar-refractivity contribution < 1.29 is 14.2 Å². The van der Waals surface area contributed by atoms with E-state index in [0.29, 0.717) is 23.8 Å². The highest BCUT2D eigenvalue weighted by atomic mass is 127. The molecule has 0 aliphatic carbocycles. The first-order valence-electron chi connectivity index (χ1n) is 9.90. The van der Waals surface area contributed by atoms with Gasteiger partial charge in [0.05, 0.1) is 21.3 Å². The van der Waals surface area contributed by atoms with E-state index in [1.165, 1.54) is 16.3 Å². The van der Waals surface area contributed by atoms with Gasteiger partial charge in [0.1, 0.15) is 0 Å². The van der Waals surface area contributed by atoms with E-state index in [2.05, 4.69) is 58.1 Å². The molecule has 3 aromatic carbocycles. The van der Waals surface area contributed by atoms with Gasteiger partial charge in [-0.15, -0.1) is 24.0 Å². The third kappa shape index (κ3) is 6.16. The van der Waals surface area contributed by atoms with Gasteiger partial charge < -0.3 is 24.8 Å². The molecule has 31 heavy (non-hydrogen) atoms. The van der Waals surface area contributed by atoms with Crippen LogP contribution in [0.25, 0.3) is 10.8 Å². The van der Waals surface area contributed by atoms with Gasteiger partial charge in [-0.2, -0.15) is 0 Å². The Bertz CT molecular complexity index is 994. The number of methoxy groups -OCH3 is 3. The molecule has 0 amide bonds. The van der Waals surface area contributed by atoms with Crippen LogP contribution >= 0.6 is 24.0 Å². The molecule has 2 N–H and O–H groups in total. The number of nitrogens with zero attached hydrogens (tertiary/aromatic N) is 1. The summed E-state index contributed by atoms with van der Waals surface area (Å²) in [5, 5.41) is 9.28. The number of guanidine groups is 1. The van der Waals surface area contributed by atoms with Gasteiger partial charge >= 0.3 is 0 Å². The van der Waals surface area contributed by atoms with E-state index in [0.717, 1.165) is 24.5 Å². The molecule has 3 aromatic rings. The zero-order chi connectivity index (χ0) is 21.3. The number of fused-ring (bicyclic) bond motifs is 1. The smallest absolute Gasteiger partial charge is 0.203 e. The Balaban J connectivity index is 0.00000341. The highest BCUT2D eigenvalue weighted by Gasteiger charge is 2.13. The minimum atomic E-state index is 0. The Morgan fingerprint density at radius 3 is 2.19 bits per heavy atom. The lowest BCUT2D eigenvalue weighted by atomic mass is 10.0. The number of benzene rings is 3. The standard InChI is InChI=1S/C24H29N3O3.HI/c1-25-24(26-13-12-19-10-7-9-18-8-5-6-11-20(18)19)27-16-17-14-21(28-2)23(30-4)22(15-17)29-3;/h5-11,14-15H,12-13,16H2,1-4H3,(H2,25,26,27);1H. The maximum atomic E-state index is 5.42. The zero-order valence-corrected chi connectivity index (χ0v) is 20.7. The quantitative estimate of drug-likeness (QED) is 0.255. The summed E-state index contributed by atoms with van der Waals surface area (Å²) in [7, 11) is 6.59. The van der Waals surface area contributed by atoms with E-state index in [4.69, 9.17) is 14.2 Å². The zero-order valence-electron chi connectivity index (χ0n) is 18.4. The van der Waals surface area contributed by atoms with Crippen molar-refractivity contribution in [1.29, 1.82) is 0 Å². The molecule has 0 unspecified atom stereocenters. The summed E-state index contributed by atoms with van der Waals surface area (Å²) in [6.07, 6.45) is 0.909. The fourth-order valence-electron chi connectivity index (χ4n) is 3.47. The van der Waals surface area contributed by atoms with Crippen LogP contribution < -0.4 is 24.8 Å². The fraction of sp³-hybridized carbons (Fsp3) is 0.292. The van der Waals surface area contributed by atoms with Gasteiger partial charge in [-0.05, 0) is 40.5 Å². The first-order chi connectivity index (χ1) is 14.7. The van der Waals surface area contributed by atoms with Crippen LogP contribution in [-0.4, -0.2) is 40.9 Å². The van der Waals surface area contributed by atoms with Crippen molar-refractivity contribution in [3.05, 3.63) is 65.7 Å². The Hall–Kier alpha value is -2.68. The van der Waals surface area contributed by atoms with Crippen LogP contribution in [0, 0.1) is 0 Å². The highest BCUT2D eigenvalue weighted by molar-refractivity contribution is 14.0. The molecule has 0 bridgehead atoms. The normalized spacial score (nSPS) is 10.9. The van der Waals surface area contributed by atoms with Crippen LogP contribution in [-0.2, 0) is 13.0 Å². The molecule has 0 saturated heterocycles. The fourth-order valence-corrected chi connectivity index (χ4v) is 3.47. The van der Waals surface area contributed by atoms with Gasteiger partial charge in [0.25, 0.3) is 0 Å². The minimum Gasteiger partial charge on any atom is -0.493 e. The molecule has 0 heterocycles. The van der Waals surface area contributed by atoms with Gasteiger partial charge in [0.15, 0.2) is 17.5 Å². The van der Waals surface area contributed by atoms with E-state index >= 15 is 0 Å². The average Bonchev–Trinajstić information content (AvgIpc) is 2.80. The van der Waals surface area contributed by atoms with Crippen LogP contribution in [0.4, 0.5) is 0 Å². The molecule has 0 aliphatic heterocycles. The predicted molar refractivity (Wildman–Crippen MR) is 137 cm³/mol. The largest absolute Gasteiger partial charge is 0.493 e. The topological polar surface area (TPSA) is 64.1 Å². The first-order valence-corrected chi connectivity index (χ1v) is 9.90. The van der Waals surface area contributed by atoms with Gasteiger partial charge in [0, 0.05) is 20.1 Å². The third-order valence-corrected chi connectivity index (χ3v) is 4.97. The van der Waals surface area contributed by atoms with Crippen molar-refractivity contribution in [2.45, 2.75) is 13.0 Å². The SMILES string of the molecule is CN=C(NCCc1cccc2ccccc12)NCc1cc(OC)c(OC)c(OC)c1.I. The molecular formula is C24H30IN3O3. The number of rotatable bonds is 8. The lowest BCUT2D eigenvalue weighted by Crippen LogP contribution is -2.37. The molecule has 7 heteroatoms. The van der Waals surface area contributed by atoms with E-state index in [1.54, 1.807) is 28.4 Å². The van der Waals surface area contributed by atoms with Gasteiger partial charge in [0.2, 0.25) is 5.75 Å². The van der Waals surface area contributed by atoms with E-state index in [-0.39, 0.29) is 24.0 Å². The molecule has 3 rings (SSSR count). The maximum Gasteiger partial charge on any atom is 0.203 e. The summed E-state index contributed by atoms with van der Waals surface area (Å²) < 4.78 is 16.2. The van der Waals surface area contributed by atoms with Crippen molar-refractivity contribution in [1.82, 2.24) is 10.6 Å². The van der Waals surface area contributed by atoms with Gasteiger partial charge in [-0.3, -0.25) is 4.99 Å². The Labute approximate surface area is 201 Å². The molecule has 0 saturated carbocycles. The summed E-state index contributed by atoms with van der Waals surface area (Å²) in [5.41, 5.74) is 2.32. The van der Waals surface area contributed by atoms with Crippen molar-refractivity contribution in [3.63, 3.8) is 0 Å². The van der Waals surface area contributed by atoms with Crippen LogP contribution in [0.5, 0.6) is 17.2 Å². The highest BCUT2D eigenvalue weighted by Crippen LogP contribution is 2.38. The molecule has 0 radical (unpaired) electrons. The van der Waals surface area contributed by atoms with E-state index < -0.39 is 0 Å². The Kier molecular flexibility index (Phi) is 9.71. The van der Waals surface area contributed by atoms with Crippen molar-refractivity contribution in [2.24, 2.45) is 4.99 Å². The number of halogens is 1. The number of ether oxygens (including phenoxy) is 3. The van der Waals surface area contributed by atoms with Crippen molar-refractivity contribution >= 4 is 40.7 Å². The maximum absolute atomic E-state index is 5.42. The molecule has 0 aromatic heterocycles. The second-order valence-electron chi connectivity index (χ2n) is 6.77. The van der Waals surface area contributed by atoms with E-state index in [9.17, 15) is 0 Å². The van der Waals surface area contributed by atoms with Crippen LogP contribution in [0.1, 0.15) is 11.1 Å². The van der Waals surface area contributed by atoms with Gasteiger partial charge in [-0.25, -0.2) is 0 Å². The summed E-state index contributed by atoms with van der Waals surface area (Å²) in [4.78, 5) is 4.32. The van der Waals surface area contributed by atoms with Crippen molar-refractivity contribution in [3.8, 4) is 17.2 Å². The summed E-state index contributed by atoms with van der Waals surface area (Å²) in [6.45, 7) is 1.35. The average molecular weight is 535 g/mol. The summed E-state index contributed by atoms with van der Waals surface area (Å²) in [5.74, 6) is 2.59. The minimum absolute atomic E-state index is 0. The monoisotopic (exact) mass is 535 g/mol. The molecule has 0 spiro atoms. The Morgan fingerprint density at radius 2 is 1.55 bits per heavy atom. The van der Waals surface area contributed by atoms with Crippen molar-refractivity contribution in [2.75, 3.05) is 34.9 Å². The number of nitrogens with one attached hydrogen (secondary N) is 2. The Morgan fingerprint density at radius 1 is 0.871 bits per heavy atom. The summed E-state index contributed by atoms with van der Waals surface area (Å²) in [6, 6.07) is 18.7. The third-order valence-electron chi connectivity index (χ3n) is 4.97. The summed E-state index contributed by atoms with van der Waals surface area (Å²) >= 11 is 0. The molecule has 0 atom stereocenters. The van der Waals surface area contributed by atoms with Gasteiger partial charge in [-0.1, -0.05) is 42.5 Å². The second-order valence-corrected chi connectivity index (χ2v) is 6.77. The molecule has 6 nitrogen and oxygen atoms in total. The molecule has 0 aliphatic rings. The number of hydrogen-bond acceptors (Lipinski definition) is 4. The molecule has 0 fully saturated rings. The second kappa shape index (κ2) is 12.2. The van der Waals surface area contributed by atoms with E-state index in [1.807, 2.05) is 12.1 Å². The lowest BCUT2D eigenvalue weighted by molar-refractivity contribution is 0.323. The van der Waals surface area contributed by atoms with Crippen LogP contribution in [0.15, 0.2) is 59.6 Å². The lowest BCUT2D eigenvalue weighted by Gasteiger charge is -2.16. The predicted octanol–water partition coefficient (Wildman–Crippen LogP) is 4.39. The molecule has 166 valence electrons.